The fourth-order valence-corrected chi connectivity index (χ4v) is 1.67. The first-order chi connectivity index (χ1) is 7.80. The minimum atomic E-state index is 0. The molecule has 0 aromatic carbocycles. The van der Waals surface area contributed by atoms with Crippen molar-refractivity contribution in [2.45, 2.75) is 40.5 Å². The molecule has 0 heterocycles. The Hall–Kier alpha value is -0.248. The fraction of sp³-hybridized carbons (Fsp3) is 0.471. The third-order valence-corrected chi connectivity index (χ3v) is 2.38. The first-order valence-electron chi connectivity index (χ1n) is 6.28. The van der Waals surface area contributed by atoms with Crippen molar-refractivity contribution >= 4 is 0 Å². The van der Waals surface area contributed by atoms with Gasteiger partial charge in [-0.1, -0.05) is 50.0 Å². The Kier molecular flexibility index (Phi) is 10.8. The van der Waals surface area contributed by atoms with Gasteiger partial charge in [-0.25, -0.2) is 18.6 Å². The minimum absolute atomic E-state index is 0. The molecule has 0 saturated heterocycles. The van der Waals surface area contributed by atoms with E-state index in [4.69, 9.17) is 0 Å². The molecule has 0 spiro atoms. The van der Waals surface area contributed by atoms with Gasteiger partial charge in [0.2, 0.25) is 0 Å². The van der Waals surface area contributed by atoms with Gasteiger partial charge in [0.15, 0.2) is 0 Å². The summed E-state index contributed by atoms with van der Waals surface area (Å²) in [4.78, 5) is 0. The van der Waals surface area contributed by atoms with E-state index in [-0.39, 0.29) is 25.8 Å². The van der Waals surface area contributed by atoms with Crippen molar-refractivity contribution in [3.8, 4) is 0 Å². The maximum absolute atomic E-state index is 4.15. The molecular weight excluding hydrogens is 390 g/mol. The van der Waals surface area contributed by atoms with Crippen molar-refractivity contribution in [1.29, 1.82) is 0 Å². The summed E-state index contributed by atoms with van der Waals surface area (Å²) in [5, 5.41) is 0. The van der Waals surface area contributed by atoms with Gasteiger partial charge in [-0.15, -0.1) is 0 Å². The molecular formula is C17H27Re-3. The molecule has 1 rings (SSSR count). The van der Waals surface area contributed by atoms with E-state index in [1.807, 2.05) is 0 Å². The molecule has 0 aliphatic heterocycles. The van der Waals surface area contributed by atoms with Gasteiger partial charge >= 0.3 is 0 Å². The van der Waals surface area contributed by atoms with E-state index in [0.29, 0.717) is 5.92 Å². The molecule has 0 saturated carbocycles. The molecule has 1 heteroatoms. The van der Waals surface area contributed by atoms with E-state index in [1.54, 1.807) is 0 Å². The van der Waals surface area contributed by atoms with Crippen molar-refractivity contribution in [3.05, 3.63) is 56.2 Å². The predicted molar refractivity (Wildman–Crippen MR) is 79.2 cm³/mol. The second-order valence-corrected chi connectivity index (χ2v) is 5.59. The van der Waals surface area contributed by atoms with Gasteiger partial charge < -0.3 is 20.3 Å². The first-order valence-corrected chi connectivity index (χ1v) is 6.28. The zero-order chi connectivity index (χ0) is 13.5. The smallest absolute Gasteiger partial charge is 0 e. The van der Waals surface area contributed by atoms with Crippen LogP contribution < -0.4 is 0 Å². The maximum Gasteiger partial charge on any atom is 0 e. The van der Waals surface area contributed by atoms with Crippen LogP contribution >= 0.6 is 0 Å². The van der Waals surface area contributed by atoms with Crippen molar-refractivity contribution in [2.24, 2.45) is 11.3 Å². The van der Waals surface area contributed by atoms with Crippen LogP contribution in [0, 0.1) is 31.6 Å². The molecule has 1 unspecified atom stereocenters. The summed E-state index contributed by atoms with van der Waals surface area (Å²) in [6.07, 6.45) is 10.9. The molecule has 1 atom stereocenters. The van der Waals surface area contributed by atoms with Gasteiger partial charge in [0.1, 0.15) is 0 Å². The molecule has 1 aliphatic carbocycles. The van der Waals surface area contributed by atoms with E-state index < -0.39 is 0 Å². The summed E-state index contributed by atoms with van der Waals surface area (Å²) >= 11 is 0. The average Bonchev–Trinajstić information content (AvgIpc) is 2.17. The topological polar surface area (TPSA) is 0 Å². The normalized spacial score (nSPS) is 17.9. The van der Waals surface area contributed by atoms with E-state index >= 15 is 0 Å². The summed E-state index contributed by atoms with van der Waals surface area (Å²) in [6, 6.07) is 0. The molecule has 0 fully saturated rings. The van der Waals surface area contributed by atoms with E-state index in [1.165, 1.54) is 11.1 Å². The summed E-state index contributed by atoms with van der Waals surface area (Å²) < 4.78 is 0. The van der Waals surface area contributed by atoms with Crippen LogP contribution in [-0.2, 0) is 20.4 Å². The molecule has 1 radical (unpaired) electrons. The third-order valence-electron chi connectivity index (χ3n) is 2.38. The van der Waals surface area contributed by atoms with E-state index in [0.717, 1.165) is 12.8 Å². The summed E-state index contributed by atoms with van der Waals surface area (Å²) in [6.45, 7) is 19.7. The summed E-state index contributed by atoms with van der Waals surface area (Å²) in [7, 11) is 0. The Morgan fingerprint density at radius 1 is 1.44 bits per heavy atom. The Labute approximate surface area is 128 Å². The SMILES string of the molecule is C=C([CH-]C(C)(C)C)C1C=CC(C)=CC1.[CH2-]C[CH2-].[Re]. The summed E-state index contributed by atoms with van der Waals surface area (Å²) in [5.41, 5.74) is 2.85. The van der Waals surface area contributed by atoms with Crippen LogP contribution in [0.2, 0.25) is 0 Å². The Balaban J connectivity index is 0. The standard InChI is InChI=1S/C14H21.C3H6.Re/c1-11-6-8-13(9-7-11)12(2)10-14(3,4)5;1-3-2;/h6-8,10,13H,2,9H2,1,3-5H3;1-3H2;/q-1;-2;. The largest absolute Gasteiger partial charge is 0.372 e. The maximum atomic E-state index is 4.15. The molecule has 0 amide bonds. The van der Waals surface area contributed by atoms with Gasteiger partial charge in [-0.3, -0.25) is 0 Å². The van der Waals surface area contributed by atoms with Crippen LogP contribution in [0.3, 0.4) is 0 Å². The van der Waals surface area contributed by atoms with Gasteiger partial charge in [0.25, 0.3) is 0 Å². The van der Waals surface area contributed by atoms with E-state index in [2.05, 4.69) is 72.8 Å². The van der Waals surface area contributed by atoms with Gasteiger partial charge in [-0.2, -0.15) is 0 Å². The predicted octanol–water partition coefficient (Wildman–Crippen LogP) is 5.36. The molecule has 0 aromatic heterocycles. The monoisotopic (exact) mass is 418 g/mol. The second-order valence-electron chi connectivity index (χ2n) is 5.59. The van der Waals surface area contributed by atoms with Crippen molar-refractivity contribution < 1.29 is 20.4 Å². The minimum Gasteiger partial charge on any atom is -0.372 e. The van der Waals surface area contributed by atoms with Crippen LogP contribution in [0.15, 0.2) is 36.0 Å². The second kappa shape index (κ2) is 9.65. The third kappa shape index (κ3) is 9.75. The molecule has 0 aromatic rings. The average molecular weight is 418 g/mol. The quantitative estimate of drug-likeness (QED) is 0.531. The van der Waals surface area contributed by atoms with Gasteiger partial charge in [0.05, 0.1) is 0 Å². The molecule has 1 aliphatic rings. The molecule has 0 bridgehead atoms. The van der Waals surface area contributed by atoms with Crippen LogP contribution in [0.1, 0.15) is 40.5 Å². The Bertz CT molecular complexity index is 289. The van der Waals surface area contributed by atoms with Crippen LogP contribution in [-0.4, -0.2) is 0 Å². The van der Waals surface area contributed by atoms with Crippen LogP contribution in [0.25, 0.3) is 0 Å². The molecule has 0 nitrogen and oxygen atoms in total. The zero-order valence-corrected chi connectivity index (χ0v) is 15.0. The number of rotatable bonds is 2. The number of allylic oxidation sites excluding steroid dienone is 5. The zero-order valence-electron chi connectivity index (χ0n) is 12.3. The van der Waals surface area contributed by atoms with Gasteiger partial charge in [-0.05, 0) is 19.3 Å². The summed E-state index contributed by atoms with van der Waals surface area (Å²) in [5.74, 6) is 0.512. The van der Waals surface area contributed by atoms with Crippen molar-refractivity contribution in [1.82, 2.24) is 0 Å². The molecule has 18 heavy (non-hydrogen) atoms. The molecule has 105 valence electrons. The van der Waals surface area contributed by atoms with Crippen LogP contribution in [0.4, 0.5) is 0 Å². The van der Waals surface area contributed by atoms with Crippen molar-refractivity contribution in [3.63, 3.8) is 0 Å². The fourth-order valence-electron chi connectivity index (χ4n) is 1.67. The molecule has 0 N–H and O–H groups in total. The van der Waals surface area contributed by atoms with Gasteiger partial charge in [0, 0.05) is 20.4 Å². The van der Waals surface area contributed by atoms with Crippen LogP contribution in [0.5, 0.6) is 0 Å². The van der Waals surface area contributed by atoms with E-state index in [9.17, 15) is 0 Å². The van der Waals surface area contributed by atoms with Crippen molar-refractivity contribution in [2.75, 3.05) is 0 Å². The number of hydrogen-bond donors (Lipinski definition) is 0. The number of hydrogen-bond acceptors (Lipinski definition) is 0. The Morgan fingerprint density at radius 2 is 1.94 bits per heavy atom. The Morgan fingerprint density at radius 3 is 2.28 bits per heavy atom. The first kappa shape index (κ1) is 20.1.